The fourth-order valence-electron chi connectivity index (χ4n) is 2.46. The van der Waals surface area contributed by atoms with Gasteiger partial charge in [-0.15, -0.1) is 11.3 Å². The van der Waals surface area contributed by atoms with E-state index >= 15 is 0 Å². The van der Waals surface area contributed by atoms with Crippen LogP contribution in [0.1, 0.15) is 40.5 Å². The topological polar surface area (TPSA) is 59.2 Å². The van der Waals surface area contributed by atoms with Crippen molar-refractivity contribution in [1.29, 1.82) is 0 Å². The van der Waals surface area contributed by atoms with E-state index in [9.17, 15) is 4.79 Å². The van der Waals surface area contributed by atoms with Gasteiger partial charge in [-0.3, -0.25) is 4.79 Å². The monoisotopic (exact) mass is 317 g/mol. The third-order valence-electron chi connectivity index (χ3n) is 3.76. The Labute approximate surface area is 136 Å². The van der Waals surface area contributed by atoms with Gasteiger partial charge < -0.3 is 10.6 Å². The summed E-state index contributed by atoms with van der Waals surface area (Å²) in [6, 6.07) is 8.46. The lowest BCUT2D eigenvalue weighted by Crippen LogP contribution is -2.38. The SMILES string of the molecule is Cc1ccc(C(C)(C)CN(C)C(=O)c2csc(CN)n2)cc1. The molecule has 5 heteroatoms. The summed E-state index contributed by atoms with van der Waals surface area (Å²) in [7, 11) is 1.82. The van der Waals surface area contributed by atoms with Crippen LogP contribution in [0.2, 0.25) is 0 Å². The zero-order valence-electron chi connectivity index (χ0n) is 13.6. The van der Waals surface area contributed by atoms with Crippen LogP contribution in [0.4, 0.5) is 0 Å². The van der Waals surface area contributed by atoms with Crippen molar-refractivity contribution in [1.82, 2.24) is 9.88 Å². The van der Waals surface area contributed by atoms with Crippen LogP contribution in [0, 0.1) is 6.92 Å². The first kappa shape index (κ1) is 16.6. The minimum atomic E-state index is -0.120. The van der Waals surface area contributed by atoms with Gasteiger partial charge >= 0.3 is 0 Å². The summed E-state index contributed by atoms with van der Waals surface area (Å²) in [6.45, 7) is 7.37. The van der Waals surface area contributed by atoms with Crippen LogP contribution >= 0.6 is 11.3 Å². The maximum Gasteiger partial charge on any atom is 0.273 e. The number of benzene rings is 1. The van der Waals surface area contributed by atoms with Crippen molar-refractivity contribution >= 4 is 17.2 Å². The molecule has 4 nitrogen and oxygen atoms in total. The molecule has 0 unspecified atom stereocenters. The van der Waals surface area contributed by atoms with E-state index in [1.54, 1.807) is 10.3 Å². The van der Waals surface area contributed by atoms with Gasteiger partial charge in [-0.1, -0.05) is 43.7 Å². The molecule has 1 amide bonds. The first-order valence-corrected chi connectivity index (χ1v) is 8.18. The average Bonchev–Trinajstić information content (AvgIpc) is 2.95. The molecule has 0 fully saturated rings. The lowest BCUT2D eigenvalue weighted by molar-refractivity contribution is 0.0762. The fraction of sp³-hybridized carbons (Fsp3) is 0.412. The molecular formula is C17H23N3OS. The van der Waals surface area contributed by atoms with Gasteiger partial charge in [0, 0.05) is 30.9 Å². The van der Waals surface area contributed by atoms with Crippen molar-refractivity contribution in [3.63, 3.8) is 0 Å². The number of amides is 1. The number of aromatic nitrogens is 1. The summed E-state index contributed by atoms with van der Waals surface area (Å²) in [4.78, 5) is 18.5. The Morgan fingerprint density at radius 3 is 2.50 bits per heavy atom. The molecule has 22 heavy (non-hydrogen) atoms. The second-order valence-corrected chi connectivity index (χ2v) is 7.18. The first-order chi connectivity index (χ1) is 10.3. The molecule has 0 spiro atoms. The third-order valence-corrected chi connectivity index (χ3v) is 4.63. The molecule has 1 aromatic heterocycles. The molecule has 118 valence electrons. The Bertz CT molecular complexity index is 646. The quantitative estimate of drug-likeness (QED) is 0.922. The van der Waals surface area contributed by atoms with Crippen LogP contribution in [0.5, 0.6) is 0 Å². The lowest BCUT2D eigenvalue weighted by Gasteiger charge is -2.30. The summed E-state index contributed by atoms with van der Waals surface area (Å²) in [5.74, 6) is -0.0591. The number of likely N-dealkylation sites (N-methyl/N-ethyl adjacent to an activating group) is 1. The van der Waals surface area contributed by atoms with Gasteiger partial charge in [-0.2, -0.15) is 0 Å². The van der Waals surface area contributed by atoms with E-state index in [-0.39, 0.29) is 11.3 Å². The van der Waals surface area contributed by atoms with E-state index < -0.39 is 0 Å². The Morgan fingerprint density at radius 2 is 1.95 bits per heavy atom. The Kier molecular flexibility index (Phi) is 4.98. The van der Waals surface area contributed by atoms with E-state index in [1.165, 1.54) is 22.5 Å². The largest absolute Gasteiger partial charge is 0.339 e. The van der Waals surface area contributed by atoms with Crippen molar-refractivity contribution in [2.75, 3.05) is 13.6 Å². The van der Waals surface area contributed by atoms with Crippen LogP contribution in [0.25, 0.3) is 0 Å². The van der Waals surface area contributed by atoms with Gasteiger partial charge in [-0.05, 0) is 12.5 Å². The minimum Gasteiger partial charge on any atom is -0.339 e. The molecule has 0 aliphatic heterocycles. The van der Waals surface area contributed by atoms with E-state index in [2.05, 4.69) is 50.0 Å². The standard InChI is InChI=1S/C17H23N3OS/c1-12-5-7-13(8-6-12)17(2,3)11-20(4)16(21)14-10-22-15(9-18)19-14/h5-8,10H,9,11,18H2,1-4H3. The zero-order valence-corrected chi connectivity index (χ0v) is 14.4. The van der Waals surface area contributed by atoms with Crippen LogP contribution in [-0.4, -0.2) is 29.4 Å². The smallest absolute Gasteiger partial charge is 0.273 e. The second-order valence-electron chi connectivity index (χ2n) is 6.24. The molecular weight excluding hydrogens is 294 g/mol. The number of carbonyl (C=O) groups is 1. The average molecular weight is 317 g/mol. The van der Waals surface area contributed by atoms with Gasteiger partial charge in [0.1, 0.15) is 10.7 Å². The summed E-state index contributed by atoms with van der Waals surface area (Å²) in [5.41, 5.74) is 8.37. The summed E-state index contributed by atoms with van der Waals surface area (Å²) >= 11 is 1.43. The van der Waals surface area contributed by atoms with Crippen LogP contribution < -0.4 is 5.73 Å². The van der Waals surface area contributed by atoms with E-state index in [1.807, 2.05) is 7.05 Å². The van der Waals surface area contributed by atoms with Crippen molar-refractivity contribution < 1.29 is 4.79 Å². The summed E-state index contributed by atoms with van der Waals surface area (Å²) in [5, 5.41) is 2.56. The maximum atomic E-state index is 12.5. The molecule has 2 aromatic rings. The molecule has 2 N–H and O–H groups in total. The molecule has 0 radical (unpaired) electrons. The number of nitrogens with two attached hydrogens (primary N) is 1. The Balaban J connectivity index is 2.10. The summed E-state index contributed by atoms with van der Waals surface area (Å²) in [6.07, 6.45) is 0. The highest BCUT2D eigenvalue weighted by atomic mass is 32.1. The third kappa shape index (κ3) is 3.72. The molecule has 0 bridgehead atoms. The highest BCUT2D eigenvalue weighted by molar-refractivity contribution is 7.09. The summed E-state index contributed by atoms with van der Waals surface area (Å²) < 4.78 is 0. The number of hydrogen-bond donors (Lipinski definition) is 1. The van der Waals surface area contributed by atoms with Crippen LogP contribution in [0.15, 0.2) is 29.6 Å². The molecule has 1 heterocycles. The van der Waals surface area contributed by atoms with E-state index in [0.29, 0.717) is 18.8 Å². The van der Waals surface area contributed by atoms with Crippen molar-refractivity contribution in [2.45, 2.75) is 32.7 Å². The molecule has 1 aromatic carbocycles. The predicted molar refractivity (Wildman–Crippen MR) is 91.2 cm³/mol. The fourth-order valence-corrected chi connectivity index (χ4v) is 3.11. The van der Waals surface area contributed by atoms with Crippen LogP contribution in [0.3, 0.4) is 0 Å². The minimum absolute atomic E-state index is 0.0591. The van der Waals surface area contributed by atoms with Gasteiger partial charge in [0.05, 0.1) is 0 Å². The Morgan fingerprint density at radius 1 is 1.32 bits per heavy atom. The predicted octanol–water partition coefficient (Wildman–Crippen LogP) is 2.96. The second kappa shape index (κ2) is 6.58. The van der Waals surface area contributed by atoms with Gasteiger partial charge in [0.2, 0.25) is 0 Å². The molecule has 0 aliphatic rings. The molecule has 0 atom stereocenters. The number of hydrogen-bond acceptors (Lipinski definition) is 4. The highest BCUT2D eigenvalue weighted by Crippen LogP contribution is 2.25. The number of carbonyl (C=O) groups excluding carboxylic acids is 1. The number of rotatable bonds is 5. The molecule has 0 saturated heterocycles. The number of nitrogens with zero attached hydrogens (tertiary/aromatic N) is 2. The van der Waals surface area contributed by atoms with Gasteiger partial charge in [0.25, 0.3) is 5.91 Å². The zero-order chi connectivity index (χ0) is 16.3. The molecule has 2 rings (SSSR count). The maximum absolute atomic E-state index is 12.5. The van der Waals surface area contributed by atoms with Crippen LogP contribution in [-0.2, 0) is 12.0 Å². The van der Waals surface area contributed by atoms with E-state index in [0.717, 1.165) is 5.01 Å². The lowest BCUT2D eigenvalue weighted by atomic mass is 9.84. The normalized spacial score (nSPS) is 11.5. The highest BCUT2D eigenvalue weighted by Gasteiger charge is 2.26. The van der Waals surface area contributed by atoms with Gasteiger partial charge in [0.15, 0.2) is 0 Å². The number of aryl methyl sites for hydroxylation is 1. The van der Waals surface area contributed by atoms with Crippen molar-refractivity contribution in [2.24, 2.45) is 5.73 Å². The first-order valence-electron chi connectivity index (χ1n) is 7.30. The van der Waals surface area contributed by atoms with Crippen molar-refractivity contribution in [3.05, 3.63) is 51.5 Å². The number of thiazole rings is 1. The van der Waals surface area contributed by atoms with Gasteiger partial charge in [-0.25, -0.2) is 4.98 Å². The molecule has 0 saturated carbocycles. The molecule has 0 aliphatic carbocycles. The van der Waals surface area contributed by atoms with Crippen molar-refractivity contribution in [3.8, 4) is 0 Å². The Hall–Kier alpha value is -1.72. The van der Waals surface area contributed by atoms with E-state index in [4.69, 9.17) is 5.73 Å².